The number of thiophene rings is 1. The maximum Gasteiger partial charge on any atom is 0.276 e. The summed E-state index contributed by atoms with van der Waals surface area (Å²) in [6, 6.07) is 8.70. The third kappa shape index (κ3) is 5.35. The van der Waals surface area contributed by atoms with Crippen molar-refractivity contribution in [2.24, 2.45) is 5.92 Å². The molecule has 1 aliphatic carbocycles. The van der Waals surface area contributed by atoms with Gasteiger partial charge in [-0.1, -0.05) is 6.07 Å². The van der Waals surface area contributed by atoms with Gasteiger partial charge >= 0.3 is 0 Å². The first-order chi connectivity index (χ1) is 14.7. The minimum Gasteiger partial charge on any atom is -0.207 e. The van der Waals surface area contributed by atoms with E-state index in [4.69, 9.17) is 0 Å². The Balaban J connectivity index is 1.47. The molecule has 1 aliphatic heterocycles. The Morgan fingerprint density at radius 1 is 1.03 bits per heavy atom. The van der Waals surface area contributed by atoms with Crippen LogP contribution in [0.2, 0.25) is 0 Å². The van der Waals surface area contributed by atoms with Gasteiger partial charge in [0.2, 0.25) is 10.0 Å². The largest absolute Gasteiger partial charge is 0.276 e. The Labute approximate surface area is 186 Å². The molecule has 2 aliphatic rings. The van der Waals surface area contributed by atoms with Crippen LogP contribution in [0.4, 0.5) is 4.39 Å². The summed E-state index contributed by atoms with van der Waals surface area (Å²) in [6.45, 7) is 1.17. The number of benzene rings is 1. The molecule has 11 heteroatoms. The first kappa shape index (κ1) is 22.8. The highest BCUT2D eigenvalue weighted by Gasteiger charge is 2.41. The summed E-state index contributed by atoms with van der Waals surface area (Å²) in [7, 11) is -7.35. The molecule has 1 saturated heterocycles. The van der Waals surface area contributed by atoms with Crippen molar-refractivity contribution < 1.29 is 21.2 Å². The Hall–Kier alpha value is -1.37. The lowest BCUT2D eigenvalue weighted by Gasteiger charge is -2.41. The maximum atomic E-state index is 13.2. The van der Waals surface area contributed by atoms with Crippen LogP contribution in [0.1, 0.15) is 30.6 Å². The zero-order valence-corrected chi connectivity index (χ0v) is 19.4. The fraction of sp³-hybridized carbons (Fsp3) is 0.500. The zero-order valence-electron chi connectivity index (χ0n) is 17.0. The van der Waals surface area contributed by atoms with Gasteiger partial charge in [-0.05, 0) is 67.3 Å². The average molecular weight is 488 g/mol. The van der Waals surface area contributed by atoms with E-state index in [-0.39, 0.29) is 24.5 Å². The highest BCUT2D eigenvalue weighted by Crippen LogP contribution is 2.39. The minimum absolute atomic E-state index is 0.0579. The van der Waals surface area contributed by atoms with Gasteiger partial charge in [-0.15, -0.1) is 11.3 Å². The number of halogens is 1. The number of nitrogens with one attached hydrogen (secondary N) is 2. The van der Waals surface area contributed by atoms with Crippen LogP contribution in [0, 0.1) is 11.7 Å². The van der Waals surface area contributed by atoms with Crippen LogP contribution in [0.25, 0.3) is 0 Å². The highest BCUT2D eigenvalue weighted by molar-refractivity contribution is 7.89. The number of sulfonamides is 1. The quantitative estimate of drug-likeness (QED) is 0.568. The number of nitrogens with zero attached hydrogens (tertiary/aromatic N) is 1. The van der Waals surface area contributed by atoms with Gasteiger partial charge in [-0.3, -0.25) is 0 Å². The third-order valence-corrected chi connectivity index (χ3v) is 10.1. The molecule has 2 fully saturated rings. The molecule has 0 bridgehead atoms. The molecular weight excluding hydrogens is 461 g/mol. The topological polar surface area (TPSA) is 95.6 Å². The van der Waals surface area contributed by atoms with Gasteiger partial charge in [0.05, 0.1) is 4.90 Å². The minimum atomic E-state index is -3.73. The number of hydrogen-bond acceptors (Lipinski definition) is 5. The van der Waals surface area contributed by atoms with Gasteiger partial charge in [0.1, 0.15) is 5.82 Å². The van der Waals surface area contributed by atoms with Gasteiger partial charge in [-0.2, -0.15) is 12.7 Å². The molecule has 1 aromatic heterocycles. The highest BCUT2D eigenvalue weighted by atomic mass is 32.2. The summed E-state index contributed by atoms with van der Waals surface area (Å²) < 4.78 is 70.6. The first-order valence-corrected chi connectivity index (χ1v) is 14.0. The van der Waals surface area contributed by atoms with E-state index in [9.17, 15) is 21.2 Å². The zero-order chi connectivity index (χ0) is 22.1. The molecule has 0 spiro atoms. The van der Waals surface area contributed by atoms with Crippen LogP contribution in [-0.4, -0.2) is 47.3 Å². The molecule has 0 unspecified atom stereocenters. The van der Waals surface area contributed by atoms with E-state index in [0.717, 1.165) is 29.9 Å². The van der Waals surface area contributed by atoms with Crippen molar-refractivity contribution in [1.29, 1.82) is 0 Å². The van der Waals surface area contributed by atoms with Gasteiger partial charge in [0.25, 0.3) is 10.2 Å². The maximum absolute atomic E-state index is 13.2. The van der Waals surface area contributed by atoms with Crippen molar-refractivity contribution in [1.82, 2.24) is 13.7 Å². The van der Waals surface area contributed by atoms with Gasteiger partial charge in [0, 0.05) is 36.5 Å². The van der Waals surface area contributed by atoms with E-state index < -0.39 is 31.5 Å². The normalized spacial score (nSPS) is 20.0. The number of hydrogen-bond donors (Lipinski definition) is 2. The van der Waals surface area contributed by atoms with E-state index in [0.29, 0.717) is 25.3 Å². The third-order valence-electron chi connectivity index (χ3n) is 6.03. The Morgan fingerprint density at radius 2 is 1.71 bits per heavy atom. The predicted octanol–water partition coefficient (Wildman–Crippen LogP) is 2.44. The van der Waals surface area contributed by atoms with Crippen molar-refractivity contribution >= 4 is 31.6 Å². The van der Waals surface area contributed by atoms with Gasteiger partial charge < -0.3 is 0 Å². The molecule has 4 rings (SSSR count). The van der Waals surface area contributed by atoms with Crippen molar-refractivity contribution in [2.75, 3.05) is 26.2 Å². The van der Waals surface area contributed by atoms with E-state index in [2.05, 4.69) is 9.44 Å². The first-order valence-electron chi connectivity index (χ1n) is 10.2. The Kier molecular flexibility index (Phi) is 6.53. The lowest BCUT2D eigenvalue weighted by Crippen LogP contribution is -2.51. The van der Waals surface area contributed by atoms with Crippen LogP contribution in [-0.2, 0) is 25.6 Å². The monoisotopic (exact) mass is 487 g/mol. The summed E-state index contributed by atoms with van der Waals surface area (Å²) >= 11 is 1.55. The van der Waals surface area contributed by atoms with Crippen LogP contribution in [0.3, 0.4) is 0 Å². The van der Waals surface area contributed by atoms with Crippen molar-refractivity contribution in [3.63, 3.8) is 0 Å². The number of piperidine rings is 1. The van der Waals surface area contributed by atoms with E-state index >= 15 is 0 Å². The predicted molar refractivity (Wildman–Crippen MR) is 118 cm³/mol. The average Bonchev–Trinajstić information content (AvgIpc) is 3.42. The molecule has 1 saturated carbocycles. The van der Waals surface area contributed by atoms with Crippen LogP contribution >= 0.6 is 11.3 Å². The Bertz CT molecular complexity index is 1090. The summed E-state index contributed by atoms with van der Waals surface area (Å²) in [5.74, 6) is -0.0559. The van der Waals surface area contributed by atoms with Crippen molar-refractivity contribution in [3.05, 3.63) is 52.5 Å². The molecule has 2 aromatic rings. The van der Waals surface area contributed by atoms with Crippen molar-refractivity contribution in [3.8, 4) is 0 Å². The molecule has 1 aromatic carbocycles. The lowest BCUT2D eigenvalue weighted by molar-refractivity contribution is 0.236. The van der Waals surface area contributed by atoms with Crippen LogP contribution < -0.4 is 9.44 Å². The second kappa shape index (κ2) is 8.87. The van der Waals surface area contributed by atoms with E-state index in [1.165, 1.54) is 16.4 Å². The second-order valence-corrected chi connectivity index (χ2v) is 12.7. The molecule has 2 heterocycles. The molecule has 31 heavy (non-hydrogen) atoms. The lowest BCUT2D eigenvalue weighted by atomic mass is 9.78. The molecule has 170 valence electrons. The second-order valence-electron chi connectivity index (χ2n) is 8.23. The van der Waals surface area contributed by atoms with Gasteiger partial charge in [0.15, 0.2) is 0 Å². The Morgan fingerprint density at radius 3 is 2.29 bits per heavy atom. The van der Waals surface area contributed by atoms with E-state index in [1.54, 1.807) is 11.3 Å². The molecule has 0 radical (unpaired) electrons. The standard InChI is InChI=1S/C20H26FN3O4S3/c21-17-5-7-18(8-6-17)30(25,26)24-11-9-20(10-12-24,19-2-1-13-29-19)15-23-31(27,28)22-14-16-3-4-16/h1-2,5-8,13,16,22-23H,3-4,9-12,14-15H2. The summed E-state index contributed by atoms with van der Waals surface area (Å²) in [5, 5.41) is 1.94. The fourth-order valence-electron chi connectivity index (χ4n) is 3.83. The summed E-state index contributed by atoms with van der Waals surface area (Å²) in [5.41, 5.74) is -0.475. The summed E-state index contributed by atoms with van der Waals surface area (Å²) in [4.78, 5) is 1.10. The smallest absolute Gasteiger partial charge is 0.207 e. The van der Waals surface area contributed by atoms with E-state index in [1.807, 2.05) is 17.5 Å². The SMILES string of the molecule is O=S(=O)(NCC1CC1)NCC1(c2cccs2)CCN(S(=O)(=O)c2ccc(F)cc2)CC1. The number of rotatable bonds is 9. The van der Waals surface area contributed by atoms with Gasteiger partial charge in [-0.25, -0.2) is 22.3 Å². The van der Waals surface area contributed by atoms with Crippen molar-refractivity contribution in [2.45, 2.75) is 36.0 Å². The van der Waals surface area contributed by atoms with Crippen LogP contribution in [0.15, 0.2) is 46.7 Å². The molecule has 2 N–H and O–H groups in total. The molecule has 0 atom stereocenters. The van der Waals surface area contributed by atoms with Crippen LogP contribution in [0.5, 0.6) is 0 Å². The molecular formula is C20H26FN3O4S3. The fourth-order valence-corrected chi connectivity index (χ4v) is 7.29. The molecule has 7 nitrogen and oxygen atoms in total. The summed E-state index contributed by atoms with van der Waals surface area (Å²) in [6.07, 6.45) is 3.08. The molecule has 0 amide bonds.